The van der Waals surface area contributed by atoms with Gasteiger partial charge in [0.15, 0.2) is 0 Å². The van der Waals surface area contributed by atoms with E-state index in [9.17, 15) is 0 Å². The molecule has 0 radical (unpaired) electrons. The van der Waals surface area contributed by atoms with E-state index in [4.69, 9.17) is 4.74 Å². The van der Waals surface area contributed by atoms with Crippen molar-refractivity contribution in [1.82, 2.24) is 5.32 Å². The highest BCUT2D eigenvalue weighted by Crippen LogP contribution is 2.48. The zero-order chi connectivity index (χ0) is 14.8. The Hall–Kier alpha value is -0.380. The van der Waals surface area contributed by atoms with Crippen molar-refractivity contribution >= 4 is 11.3 Å². The molecule has 1 fully saturated rings. The summed E-state index contributed by atoms with van der Waals surface area (Å²) >= 11 is 1.86. The predicted octanol–water partition coefficient (Wildman–Crippen LogP) is 4.69. The van der Waals surface area contributed by atoms with Crippen LogP contribution < -0.4 is 5.32 Å². The van der Waals surface area contributed by atoms with Gasteiger partial charge in [0.2, 0.25) is 0 Å². The lowest BCUT2D eigenvalue weighted by Crippen LogP contribution is -2.48. The van der Waals surface area contributed by atoms with Crippen LogP contribution in [0.3, 0.4) is 0 Å². The molecular weight excluding hydrogens is 266 g/mol. The van der Waals surface area contributed by atoms with E-state index < -0.39 is 0 Å². The maximum Gasteiger partial charge on any atom is 0.0884 e. The Labute approximate surface area is 127 Å². The van der Waals surface area contributed by atoms with Crippen LogP contribution in [0, 0.1) is 12.3 Å². The fourth-order valence-electron chi connectivity index (χ4n) is 3.47. The monoisotopic (exact) mass is 295 g/mol. The van der Waals surface area contributed by atoms with E-state index in [2.05, 4.69) is 51.5 Å². The first kappa shape index (κ1) is 16.0. The second-order valence-electron chi connectivity index (χ2n) is 6.85. The summed E-state index contributed by atoms with van der Waals surface area (Å²) < 4.78 is 6.34. The number of aryl methyl sites for hydroxylation is 1. The van der Waals surface area contributed by atoms with Crippen LogP contribution >= 0.6 is 11.3 Å². The third-order valence-electron chi connectivity index (χ3n) is 4.86. The molecule has 3 heteroatoms. The lowest BCUT2D eigenvalue weighted by Gasteiger charge is -2.47. The van der Waals surface area contributed by atoms with Gasteiger partial charge in [-0.25, -0.2) is 0 Å². The molecule has 0 aliphatic heterocycles. The molecule has 1 aliphatic carbocycles. The molecule has 0 aromatic carbocycles. The fourth-order valence-corrected chi connectivity index (χ4v) is 4.61. The highest BCUT2D eigenvalue weighted by Gasteiger charge is 2.45. The lowest BCUT2D eigenvalue weighted by molar-refractivity contribution is -0.106. The topological polar surface area (TPSA) is 21.3 Å². The average molecular weight is 295 g/mol. The third kappa shape index (κ3) is 3.10. The Bertz CT molecular complexity index is 428. The van der Waals surface area contributed by atoms with Gasteiger partial charge in [0.05, 0.1) is 11.6 Å². The van der Waals surface area contributed by atoms with Crippen LogP contribution in [0.5, 0.6) is 0 Å². The molecule has 0 bridgehead atoms. The van der Waals surface area contributed by atoms with Gasteiger partial charge >= 0.3 is 0 Å². The van der Waals surface area contributed by atoms with Crippen LogP contribution in [-0.4, -0.2) is 19.3 Å². The molecule has 1 atom stereocenters. The number of ether oxygens (including phenoxy) is 1. The average Bonchev–Trinajstić information content (AvgIpc) is 2.81. The van der Waals surface area contributed by atoms with E-state index in [0.29, 0.717) is 11.5 Å². The van der Waals surface area contributed by atoms with E-state index in [-0.39, 0.29) is 5.60 Å². The molecule has 1 unspecified atom stereocenters. The summed E-state index contributed by atoms with van der Waals surface area (Å²) in [5.41, 5.74) is 1.82. The van der Waals surface area contributed by atoms with E-state index >= 15 is 0 Å². The van der Waals surface area contributed by atoms with Crippen LogP contribution in [0.15, 0.2) is 11.4 Å². The molecule has 0 amide bonds. The van der Waals surface area contributed by atoms with Crippen LogP contribution in [0.25, 0.3) is 0 Å². The number of thiophene rings is 1. The fraction of sp³-hybridized carbons (Fsp3) is 0.765. The Balaban J connectivity index is 2.29. The largest absolute Gasteiger partial charge is 0.373 e. The molecule has 20 heavy (non-hydrogen) atoms. The molecule has 1 aliphatic rings. The first-order chi connectivity index (χ1) is 9.44. The minimum Gasteiger partial charge on any atom is -0.373 e. The van der Waals surface area contributed by atoms with Gasteiger partial charge in [-0.2, -0.15) is 0 Å². The Morgan fingerprint density at radius 3 is 2.40 bits per heavy atom. The van der Waals surface area contributed by atoms with Crippen molar-refractivity contribution in [3.8, 4) is 0 Å². The number of likely N-dealkylation sites (N-methyl/N-ethyl adjacent to an activating group) is 1. The van der Waals surface area contributed by atoms with Crippen molar-refractivity contribution in [2.45, 2.75) is 65.0 Å². The zero-order valence-electron chi connectivity index (χ0n) is 13.6. The molecule has 1 heterocycles. The summed E-state index contributed by atoms with van der Waals surface area (Å²) in [5.74, 6) is 0. The smallest absolute Gasteiger partial charge is 0.0884 e. The van der Waals surface area contributed by atoms with Gasteiger partial charge < -0.3 is 10.1 Å². The van der Waals surface area contributed by atoms with E-state index in [1.54, 1.807) is 0 Å². The first-order valence-electron chi connectivity index (χ1n) is 7.79. The Kier molecular flexibility index (Phi) is 4.93. The van der Waals surface area contributed by atoms with Gasteiger partial charge in [-0.3, -0.25) is 0 Å². The van der Waals surface area contributed by atoms with Crippen molar-refractivity contribution in [3.05, 3.63) is 21.9 Å². The maximum absolute atomic E-state index is 6.34. The van der Waals surface area contributed by atoms with Gasteiger partial charge in [0.25, 0.3) is 0 Å². The molecule has 1 N–H and O–H groups in total. The maximum atomic E-state index is 6.34. The highest BCUT2D eigenvalue weighted by molar-refractivity contribution is 7.10. The first-order valence-corrected chi connectivity index (χ1v) is 8.67. The standard InChI is InChI=1S/C17H29NOS/c1-6-19-17(10-8-16(3,4)9-11-17)15(18-5)14-13(2)7-12-20-14/h7,12,15,18H,6,8-11H2,1-5H3. The predicted molar refractivity (Wildman–Crippen MR) is 87.5 cm³/mol. The number of nitrogens with one attached hydrogen (secondary N) is 1. The second-order valence-corrected chi connectivity index (χ2v) is 7.80. The summed E-state index contributed by atoms with van der Waals surface area (Å²) in [4.78, 5) is 1.45. The minimum absolute atomic E-state index is 0.0331. The van der Waals surface area contributed by atoms with Crippen LogP contribution in [-0.2, 0) is 4.74 Å². The van der Waals surface area contributed by atoms with Crippen molar-refractivity contribution in [1.29, 1.82) is 0 Å². The quantitative estimate of drug-likeness (QED) is 0.850. The summed E-state index contributed by atoms with van der Waals surface area (Å²) in [6.07, 6.45) is 4.79. The third-order valence-corrected chi connectivity index (χ3v) is 5.94. The molecule has 0 saturated heterocycles. The molecule has 0 spiro atoms. The summed E-state index contributed by atoms with van der Waals surface area (Å²) in [7, 11) is 2.07. The van der Waals surface area contributed by atoms with Crippen molar-refractivity contribution in [3.63, 3.8) is 0 Å². The van der Waals surface area contributed by atoms with Crippen molar-refractivity contribution in [2.24, 2.45) is 5.41 Å². The zero-order valence-corrected chi connectivity index (χ0v) is 14.4. The van der Waals surface area contributed by atoms with E-state index in [1.165, 1.54) is 23.3 Å². The molecule has 2 rings (SSSR count). The number of rotatable bonds is 5. The lowest BCUT2D eigenvalue weighted by atomic mass is 9.68. The SMILES string of the molecule is CCOC1(C(NC)c2sccc2C)CCC(C)(C)CC1. The number of hydrogen-bond acceptors (Lipinski definition) is 3. The minimum atomic E-state index is -0.0331. The van der Waals surface area contributed by atoms with E-state index in [1.807, 2.05) is 11.3 Å². The van der Waals surface area contributed by atoms with E-state index in [0.717, 1.165) is 19.4 Å². The van der Waals surface area contributed by atoms with Gasteiger partial charge in [0.1, 0.15) is 0 Å². The summed E-state index contributed by atoms with van der Waals surface area (Å²) in [6, 6.07) is 2.54. The van der Waals surface area contributed by atoms with Crippen molar-refractivity contribution in [2.75, 3.05) is 13.7 Å². The van der Waals surface area contributed by atoms with Gasteiger partial charge in [-0.15, -0.1) is 11.3 Å². The molecule has 1 saturated carbocycles. The van der Waals surface area contributed by atoms with Gasteiger partial charge in [0, 0.05) is 11.5 Å². The Morgan fingerprint density at radius 2 is 1.95 bits per heavy atom. The van der Waals surface area contributed by atoms with Crippen molar-refractivity contribution < 1.29 is 4.74 Å². The summed E-state index contributed by atoms with van der Waals surface area (Å²) in [6.45, 7) is 9.89. The van der Waals surface area contributed by atoms with Crippen LogP contribution in [0.4, 0.5) is 0 Å². The van der Waals surface area contributed by atoms with Crippen LogP contribution in [0.1, 0.15) is 62.9 Å². The normalized spacial score (nSPS) is 22.6. The van der Waals surface area contributed by atoms with Gasteiger partial charge in [-0.1, -0.05) is 13.8 Å². The molecule has 2 nitrogen and oxygen atoms in total. The second kappa shape index (κ2) is 6.17. The molecular formula is C17H29NOS. The summed E-state index contributed by atoms with van der Waals surface area (Å²) in [5, 5.41) is 5.75. The molecule has 114 valence electrons. The van der Waals surface area contributed by atoms with Gasteiger partial charge in [-0.05, 0) is 69.0 Å². The Morgan fingerprint density at radius 1 is 1.30 bits per heavy atom. The number of hydrogen-bond donors (Lipinski definition) is 1. The molecule has 1 aromatic heterocycles. The van der Waals surface area contributed by atoms with Crippen LogP contribution in [0.2, 0.25) is 0 Å². The highest BCUT2D eigenvalue weighted by atomic mass is 32.1. The molecule has 1 aromatic rings.